The number of rotatable bonds is 6. The van der Waals surface area contributed by atoms with Gasteiger partial charge in [0.2, 0.25) is 0 Å². The molecule has 0 heterocycles. The molecule has 3 nitrogen and oxygen atoms in total. The summed E-state index contributed by atoms with van der Waals surface area (Å²) in [6, 6.07) is 1.95. The van der Waals surface area contributed by atoms with Crippen LogP contribution in [0.25, 0.3) is 0 Å². The van der Waals surface area contributed by atoms with Gasteiger partial charge in [-0.1, -0.05) is 13.3 Å². The fraction of sp³-hybridized carbons (Fsp3) is 0.538. The molecule has 0 spiro atoms. The molecule has 1 aromatic carbocycles. The van der Waals surface area contributed by atoms with Gasteiger partial charge in [-0.2, -0.15) is 13.2 Å². The maximum absolute atomic E-state index is 12.9. The number of aliphatic hydroxyl groups excluding tert-OH is 1. The molecular formula is C13H19BrClF3N2O. The van der Waals surface area contributed by atoms with Gasteiger partial charge >= 0.3 is 6.18 Å². The Morgan fingerprint density at radius 3 is 2.48 bits per heavy atom. The van der Waals surface area contributed by atoms with E-state index in [1.54, 1.807) is 0 Å². The van der Waals surface area contributed by atoms with Crippen LogP contribution >= 0.6 is 28.3 Å². The number of alkyl halides is 3. The van der Waals surface area contributed by atoms with E-state index in [0.717, 1.165) is 18.9 Å². The molecular weight excluding hydrogens is 373 g/mol. The van der Waals surface area contributed by atoms with Gasteiger partial charge in [-0.25, -0.2) is 0 Å². The maximum Gasteiger partial charge on any atom is 0.418 e. The number of hydrogen-bond acceptors (Lipinski definition) is 3. The minimum absolute atomic E-state index is 0. The van der Waals surface area contributed by atoms with E-state index in [0.29, 0.717) is 12.1 Å². The fourth-order valence-electron chi connectivity index (χ4n) is 1.82. The average molecular weight is 392 g/mol. The van der Waals surface area contributed by atoms with Gasteiger partial charge in [0.15, 0.2) is 0 Å². The number of unbranched alkanes of at least 4 members (excludes halogenated alkanes) is 1. The number of halogens is 5. The lowest BCUT2D eigenvalue weighted by molar-refractivity contribution is -0.137. The van der Waals surface area contributed by atoms with Gasteiger partial charge in [0.05, 0.1) is 23.9 Å². The van der Waals surface area contributed by atoms with Gasteiger partial charge in [-0.3, -0.25) is 0 Å². The Balaban J connectivity index is 0.00000400. The van der Waals surface area contributed by atoms with Crippen molar-refractivity contribution in [3.63, 3.8) is 0 Å². The van der Waals surface area contributed by atoms with Crippen LogP contribution in [0, 0.1) is 0 Å². The van der Waals surface area contributed by atoms with Crippen LogP contribution in [-0.4, -0.2) is 18.3 Å². The van der Waals surface area contributed by atoms with Gasteiger partial charge < -0.3 is 16.2 Å². The maximum atomic E-state index is 12.9. The minimum Gasteiger partial charge on any atom is -0.397 e. The average Bonchev–Trinajstić information content (AvgIpc) is 2.36. The Hall–Kier alpha value is -0.500. The highest BCUT2D eigenvalue weighted by Gasteiger charge is 2.34. The van der Waals surface area contributed by atoms with Crippen LogP contribution in [0.4, 0.5) is 18.9 Å². The van der Waals surface area contributed by atoms with Gasteiger partial charge in [0.25, 0.3) is 0 Å². The monoisotopic (exact) mass is 390 g/mol. The summed E-state index contributed by atoms with van der Waals surface area (Å²) in [5.74, 6) is 0. The number of hydrogen-bond donors (Lipinski definition) is 3. The molecule has 1 aromatic rings. The van der Waals surface area contributed by atoms with Crippen LogP contribution in [0.5, 0.6) is 0 Å². The second-order valence-corrected chi connectivity index (χ2v) is 5.36. The van der Waals surface area contributed by atoms with Gasteiger partial charge in [0.1, 0.15) is 0 Å². The minimum atomic E-state index is -4.52. The molecule has 21 heavy (non-hydrogen) atoms. The molecule has 1 unspecified atom stereocenters. The number of benzene rings is 1. The molecule has 1 atom stereocenters. The number of nitrogen functional groups attached to an aromatic ring is 1. The lowest BCUT2D eigenvalue weighted by Gasteiger charge is -2.20. The largest absolute Gasteiger partial charge is 0.418 e. The highest BCUT2D eigenvalue weighted by molar-refractivity contribution is 9.10. The molecule has 1 rings (SSSR count). The SMILES string of the molecule is CCCCNC(CO)c1cc(Br)c(N)c(C(F)(F)F)c1.Cl. The van der Waals surface area contributed by atoms with E-state index in [1.807, 2.05) is 6.92 Å². The zero-order valence-corrected chi connectivity index (χ0v) is 13.9. The third kappa shape index (κ3) is 5.65. The molecule has 0 aromatic heterocycles. The molecule has 122 valence electrons. The van der Waals surface area contributed by atoms with Crippen LogP contribution < -0.4 is 11.1 Å². The summed E-state index contributed by atoms with van der Waals surface area (Å²) < 4.78 is 38.9. The van der Waals surface area contributed by atoms with E-state index < -0.39 is 17.8 Å². The van der Waals surface area contributed by atoms with E-state index in [4.69, 9.17) is 5.73 Å². The predicted octanol–water partition coefficient (Wildman–Crippen LogP) is 3.90. The van der Waals surface area contributed by atoms with Crippen molar-refractivity contribution in [3.05, 3.63) is 27.7 Å². The van der Waals surface area contributed by atoms with Crippen LogP contribution in [-0.2, 0) is 6.18 Å². The van der Waals surface area contributed by atoms with E-state index in [-0.39, 0.29) is 29.2 Å². The summed E-state index contributed by atoms with van der Waals surface area (Å²) in [7, 11) is 0. The van der Waals surface area contributed by atoms with Gasteiger partial charge in [-0.05, 0) is 46.6 Å². The first-order valence-electron chi connectivity index (χ1n) is 6.31. The zero-order chi connectivity index (χ0) is 15.3. The molecule has 4 N–H and O–H groups in total. The van der Waals surface area contributed by atoms with Crippen molar-refractivity contribution in [2.24, 2.45) is 0 Å². The lowest BCUT2D eigenvalue weighted by atomic mass is 10.0. The molecule has 0 radical (unpaired) electrons. The Morgan fingerprint density at radius 1 is 1.38 bits per heavy atom. The first kappa shape index (κ1) is 20.5. The summed E-state index contributed by atoms with van der Waals surface area (Å²) in [6.45, 7) is 2.36. The molecule has 0 amide bonds. The lowest BCUT2D eigenvalue weighted by Crippen LogP contribution is -2.26. The second kappa shape index (κ2) is 8.82. The van der Waals surface area contributed by atoms with Crippen molar-refractivity contribution in [1.82, 2.24) is 5.32 Å². The number of nitrogens with two attached hydrogens (primary N) is 1. The van der Waals surface area contributed by atoms with Crippen molar-refractivity contribution >= 4 is 34.0 Å². The Bertz CT molecular complexity index is 458. The van der Waals surface area contributed by atoms with E-state index in [2.05, 4.69) is 21.2 Å². The van der Waals surface area contributed by atoms with Crippen LogP contribution in [0.1, 0.15) is 36.9 Å². The van der Waals surface area contributed by atoms with E-state index in [1.165, 1.54) is 6.07 Å². The number of aliphatic hydroxyl groups is 1. The predicted molar refractivity (Wildman–Crippen MR) is 83.5 cm³/mol. The van der Waals surface area contributed by atoms with Crippen LogP contribution in [0.15, 0.2) is 16.6 Å². The summed E-state index contributed by atoms with van der Waals surface area (Å²) in [5, 5.41) is 12.4. The summed E-state index contributed by atoms with van der Waals surface area (Å²) in [5.41, 5.74) is 4.58. The molecule has 0 bridgehead atoms. The first-order valence-corrected chi connectivity index (χ1v) is 7.10. The van der Waals surface area contributed by atoms with Crippen molar-refractivity contribution < 1.29 is 18.3 Å². The fourth-order valence-corrected chi connectivity index (χ4v) is 2.29. The van der Waals surface area contributed by atoms with Crippen molar-refractivity contribution in [2.75, 3.05) is 18.9 Å². The van der Waals surface area contributed by atoms with E-state index in [9.17, 15) is 18.3 Å². The molecule has 0 fully saturated rings. The van der Waals surface area contributed by atoms with Gasteiger partial charge in [-0.15, -0.1) is 12.4 Å². The normalized spacial score (nSPS) is 12.9. The summed E-state index contributed by atoms with van der Waals surface area (Å²) in [6.07, 6.45) is -2.67. The molecule has 8 heteroatoms. The van der Waals surface area contributed by atoms with Crippen molar-refractivity contribution in [3.8, 4) is 0 Å². The third-order valence-corrected chi connectivity index (χ3v) is 3.62. The quantitative estimate of drug-likeness (QED) is 0.509. The molecule has 0 saturated carbocycles. The van der Waals surface area contributed by atoms with Crippen molar-refractivity contribution in [2.45, 2.75) is 32.0 Å². The first-order chi connectivity index (χ1) is 9.31. The highest BCUT2D eigenvalue weighted by atomic mass is 79.9. The van der Waals surface area contributed by atoms with E-state index >= 15 is 0 Å². The molecule has 0 aliphatic rings. The Kier molecular flexibility index (Phi) is 8.61. The highest BCUT2D eigenvalue weighted by Crippen LogP contribution is 2.38. The Morgan fingerprint density at radius 2 is 2.00 bits per heavy atom. The smallest absolute Gasteiger partial charge is 0.397 e. The van der Waals surface area contributed by atoms with Gasteiger partial charge in [0, 0.05) is 4.47 Å². The third-order valence-electron chi connectivity index (χ3n) is 2.96. The summed E-state index contributed by atoms with van der Waals surface area (Å²) >= 11 is 3.03. The molecule has 0 saturated heterocycles. The molecule has 0 aliphatic carbocycles. The molecule has 0 aliphatic heterocycles. The second-order valence-electron chi connectivity index (χ2n) is 4.50. The Labute approximate surface area is 136 Å². The zero-order valence-electron chi connectivity index (χ0n) is 11.5. The topological polar surface area (TPSA) is 58.3 Å². The van der Waals surface area contributed by atoms with Crippen molar-refractivity contribution in [1.29, 1.82) is 0 Å². The standard InChI is InChI=1S/C13H18BrF3N2O.ClH/c1-2-3-4-19-11(7-20)8-5-9(13(15,16)17)12(18)10(14)6-8;/h5-6,11,19-20H,2-4,7,18H2,1H3;1H. The number of anilines is 1. The van der Waals surface area contributed by atoms with Crippen LogP contribution in [0.2, 0.25) is 0 Å². The number of nitrogens with one attached hydrogen (secondary N) is 1. The summed E-state index contributed by atoms with van der Waals surface area (Å²) in [4.78, 5) is 0. The van der Waals surface area contributed by atoms with Crippen LogP contribution in [0.3, 0.4) is 0 Å².